The van der Waals surface area contributed by atoms with Gasteiger partial charge < -0.3 is 9.97 Å². The Bertz CT molecular complexity index is 2300. The maximum atomic E-state index is 4.97. The van der Waals surface area contributed by atoms with Crippen LogP contribution in [0.4, 0.5) is 0 Å². The first-order chi connectivity index (χ1) is 20.6. The van der Waals surface area contributed by atoms with Gasteiger partial charge in [0.25, 0.3) is 0 Å². The van der Waals surface area contributed by atoms with Crippen LogP contribution in [-0.4, -0.2) is 19.9 Å². The number of pyridine rings is 2. The largest absolute Gasteiger partial charge is 0.355 e. The lowest BCUT2D eigenvalue weighted by Crippen LogP contribution is -2.40. The molecule has 0 amide bonds. The molecule has 3 aliphatic carbocycles. The summed E-state index contributed by atoms with van der Waals surface area (Å²) in [6.45, 7) is 4.79. The van der Waals surface area contributed by atoms with Crippen molar-refractivity contribution in [3.8, 4) is 11.4 Å². The van der Waals surface area contributed by atoms with Crippen LogP contribution in [0.2, 0.25) is 0 Å². The fourth-order valence-electron chi connectivity index (χ4n) is 8.52. The topological polar surface area (TPSA) is 57.4 Å². The lowest BCUT2D eigenvalue weighted by molar-refractivity contribution is 0.565. The number of H-pyrrole nitrogens is 2. The second-order valence-corrected chi connectivity index (χ2v) is 12.7. The highest BCUT2D eigenvalue weighted by atomic mass is 14.8. The molecule has 0 radical (unpaired) electrons. The van der Waals surface area contributed by atoms with E-state index in [1.54, 1.807) is 0 Å². The summed E-state index contributed by atoms with van der Waals surface area (Å²) in [6, 6.07) is 27.3. The van der Waals surface area contributed by atoms with Gasteiger partial charge in [0.15, 0.2) is 0 Å². The predicted molar refractivity (Wildman–Crippen MR) is 170 cm³/mol. The van der Waals surface area contributed by atoms with Crippen LogP contribution in [0.5, 0.6) is 0 Å². The molecule has 42 heavy (non-hydrogen) atoms. The molecule has 3 aliphatic rings. The van der Waals surface area contributed by atoms with Crippen molar-refractivity contribution in [1.29, 1.82) is 0 Å². The molecular formula is C38H28N4. The van der Waals surface area contributed by atoms with Gasteiger partial charge in [0.2, 0.25) is 0 Å². The van der Waals surface area contributed by atoms with Crippen LogP contribution >= 0.6 is 0 Å². The molecule has 10 rings (SSSR count). The third kappa shape index (κ3) is 2.52. The van der Waals surface area contributed by atoms with E-state index in [4.69, 9.17) is 9.97 Å². The molecule has 4 nitrogen and oxygen atoms in total. The summed E-state index contributed by atoms with van der Waals surface area (Å²) in [6.07, 6.45) is 10.5. The lowest BCUT2D eigenvalue weighted by atomic mass is 9.55. The zero-order valence-corrected chi connectivity index (χ0v) is 23.5. The average molecular weight is 541 g/mol. The fraction of sp³-hybridized carbons (Fsp3) is 0.158. The molecule has 0 saturated carbocycles. The van der Waals surface area contributed by atoms with Crippen LogP contribution in [0.15, 0.2) is 91.3 Å². The number of nitrogens with one attached hydrogen (secondary N) is 2. The van der Waals surface area contributed by atoms with E-state index >= 15 is 0 Å². The molecule has 7 aromatic rings. The minimum absolute atomic E-state index is 0.232. The van der Waals surface area contributed by atoms with Gasteiger partial charge in [0.05, 0.1) is 16.8 Å². The van der Waals surface area contributed by atoms with Gasteiger partial charge in [-0.15, -0.1) is 0 Å². The van der Waals surface area contributed by atoms with E-state index < -0.39 is 5.41 Å². The second kappa shape index (κ2) is 7.46. The van der Waals surface area contributed by atoms with Gasteiger partial charge in [0.1, 0.15) is 0 Å². The Morgan fingerprint density at radius 1 is 0.619 bits per heavy atom. The molecule has 0 atom stereocenters. The Balaban J connectivity index is 1.44. The standard InChI is InChI=1S/C38H28N4/c1-37(2)27-19-33-23(21-9-3-5-13-31(21)41-33)17-29(27)38(25-11-7-15-39-35(25)36-26(38)12-8-16-40-36)30-18-24-22-10-4-6-14-32(22)42-34(24)20-28(30)37/h3,5-9,11-20,41-42H,4,10H2,1-2H3. The summed E-state index contributed by atoms with van der Waals surface area (Å²) in [4.78, 5) is 17.5. The van der Waals surface area contributed by atoms with Gasteiger partial charge in [-0.2, -0.15) is 0 Å². The molecule has 3 aromatic carbocycles. The molecule has 0 bridgehead atoms. The summed E-state index contributed by atoms with van der Waals surface area (Å²) in [5.41, 5.74) is 15.3. The van der Waals surface area contributed by atoms with E-state index in [-0.39, 0.29) is 5.41 Å². The van der Waals surface area contributed by atoms with Crippen molar-refractivity contribution in [1.82, 2.24) is 19.9 Å². The lowest BCUT2D eigenvalue weighted by Gasteiger charge is -2.46. The van der Waals surface area contributed by atoms with Crippen molar-refractivity contribution in [2.45, 2.75) is 37.5 Å². The number of fused-ring (bicyclic) bond motifs is 15. The highest BCUT2D eigenvalue weighted by Gasteiger charge is 2.54. The third-order valence-electron chi connectivity index (χ3n) is 10.4. The average Bonchev–Trinajstić information content (AvgIpc) is 3.67. The zero-order chi connectivity index (χ0) is 27.8. The summed E-state index contributed by atoms with van der Waals surface area (Å²) < 4.78 is 0. The Hall–Kier alpha value is -4.96. The van der Waals surface area contributed by atoms with Crippen molar-refractivity contribution in [2.75, 3.05) is 0 Å². The molecular weight excluding hydrogens is 512 g/mol. The second-order valence-electron chi connectivity index (χ2n) is 12.7. The van der Waals surface area contributed by atoms with Gasteiger partial charge >= 0.3 is 0 Å². The highest BCUT2D eigenvalue weighted by molar-refractivity contribution is 6.08. The van der Waals surface area contributed by atoms with Crippen LogP contribution < -0.4 is 0 Å². The Labute approximate surface area is 243 Å². The molecule has 0 fully saturated rings. The number of aromatic amines is 2. The molecule has 1 spiro atoms. The molecule has 4 aromatic heterocycles. The molecule has 4 heterocycles. The SMILES string of the molecule is CC1(C)c2cc3[nH]c4c(c3cc2C2(c3cc5c(cc31)[nH]c1ccccc15)c1cccnc1-c1ncccc12)CCC=C4. The van der Waals surface area contributed by atoms with Crippen LogP contribution in [-0.2, 0) is 17.3 Å². The molecule has 200 valence electrons. The van der Waals surface area contributed by atoms with Gasteiger partial charge in [0, 0.05) is 56.2 Å². The fourth-order valence-corrected chi connectivity index (χ4v) is 8.52. The van der Waals surface area contributed by atoms with E-state index in [1.165, 1.54) is 77.3 Å². The molecule has 4 heteroatoms. The molecule has 0 saturated heterocycles. The van der Waals surface area contributed by atoms with E-state index in [2.05, 4.69) is 109 Å². The van der Waals surface area contributed by atoms with Crippen molar-refractivity contribution < 1.29 is 0 Å². The number of rotatable bonds is 0. The smallest absolute Gasteiger partial charge is 0.0937 e. The summed E-state index contributed by atoms with van der Waals surface area (Å²) >= 11 is 0. The molecule has 0 unspecified atom stereocenters. The molecule has 2 N–H and O–H groups in total. The Morgan fingerprint density at radius 2 is 1.29 bits per heavy atom. The van der Waals surface area contributed by atoms with E-state index in [9.17, 15) is 0 Å². The number of hydrogen-bond acceptors (Lipinski definition) is 2. The van der Waals surface area contributed by atoms with E-state index in [1.807, 2.05) is 12.4 Å². The molecule has 0 aliphatic heterocycles. The van der Waals surface area contributed by atoms with Crippen LogP contribution in [0.25, 0.3) is 50.2 Å². The quantitative estimate of drug-likeness (QED) is 0.202. The van der Waals surface area contributed by atoms with Crippen LogP contribution in [0.1, 0.15) is 64.9 Å². The first-order valence-corrected chi connectivity index (χ1v) is 14.9. The Morgan fingerprint density at radius 3 is 2.02 bits per heavy atom. The Kier molecular flexibility index (Phi) is 4.03. The summed E-state index contributed by atoms with van der Waals surface area (Å²) in [5, 5.41) is 3.85. The normalized spacial score (nSPS) is 16.9. The summed E-state index contributed by atoms with van der Waals surface area (Å²) in [5.74, 6) is 0. The van der Waals surface area contributed by atoms with Crippen molar-refractivity contribution in [3.63, 3.8) is 0 Å². The van der Waals surface area contributed by atoms with Crippen molar-refractivity contribution >= 4 is 38.8 Å². The number of nitrogens with zero attached hydrogens (tertiary/aromatic N) is 2. The van der Waals surface area contributed by atoms with Gasteiger partial charge in [-0.05, 0) is 100 Å². The van der Waals surface area contributed by atoms with E-state index in [0.29, 0.717) is 0 Å². The number of aryl methyl sites for hydroxylation is 1. The van der Waals surface area contributed by atoms with Crippen LogP contribution in [0, 0.1) is 0 Å². The minimum atomic E-state index is -0.525. The highest BCUT2D eigenvalue weighted by Crippen LogP contribution is 2.62. The third-order valence-corrected chi connectivity index (χ3v) is 10.4. The van der Waals surface area contributed by atoms with Crippen LogP contribution in [0.3, 0.4) is 0 Å². The van der Waals surface area contributed by atoms with Crippen molar-refractivity contribution in [3.05, 3.63) is 136 Å². The number of hydrogen-bond donors (Lipinski definition) is 2. The number of aromatic nitrogens is 4. The van der Waals surface area contributed by atoms with Gasteiger partial charge in [-0.1, -0.05) is 50.3 Å². The van der Waals surface area contributed by atoms with Crippen molar-refractivity contribution in [2.24, 2.45) is 0 Å². The number of allylic oxidation sites excluding steroid dienone is 1. The first kappa shape index (κ1) is 22.7. The monoisotopic (exact) mass is 540 g/mol. The first-order valence-electron chi connectivity index (χ1n) is 14.9. The van der Waals surface area contributed by atoms with E-state index in [0.717, 1.165) is 24.2 Å². The predicted octanol–water partition coefficient (Wildman–Crippen LogP) is 8.55. The van der Waals surface area contributed by atoms with Gasteiger partial charge in [-0.3, -0.25) is 9.97 Å². The number of para-hydroxylation sites is 1. The van der Waals surface area contributed by atoms with Gasteiger partial charge in [-0.25, -0.2) is 0 Å². The minimum Gasteiger partial charge on any atom is -0.355 e. The number of benzene rings is 3. The zero-order valence-electron chi connectivity index (χ0n) is 23.5. The summed E-state index contributed by atoms with van der Waals surface area (Å²) in [7, 11) is 0. The maximum absolute atomic E-state index is 4.97. The maximum Gasteiger partial charge on any atom is 0.0937 e.